The maximum atomic E-state index is 6.63. The molecule has 0 aliphatic carbocycles. The van der Waals surface area contributed by atoms with Gasteiger partial charge in [0.2, 0.25) is 5.72 Å². The molecule has 0 saturated carbocycles. The van der Waals surface area contributed by atoms with Crippen molar-refractivity contribution in [2.45, 2.75) is 31.0 Å². The standard InChI is InChI=1S/C21H20BrCl2N3O/c1-26-8-6-21(7-9-26)27-19(16-10-13(22)2-5-20(16)28-21)12-18(25-27)15-4-3-14(23)11-17(15)24/h2-5,10-11,19H,6-9,12H2,1H3/t19-/m0/s1. The fourth-order valence-corrected chi connectivity index (χ4v) is 5.33. The van der Waals surface area contributed by atoms with Crippen LogP contribution < -0.4 is 4.74 Å². The van der Waals surface area contributed by atoms with Gasteiger partial charge in [-0.05, 0) is 37.4 Å². The second kappa shape index (κ2) is 6.91. The number of likely N-dealkylation sites (tertiary alicyclic amines) is 1. The summed E-state index contributed by atoms with van der Waals surface area (Å²) in [5, 5.41) is 8.54. The summed E-state index contributed by atoms with van der Waals surface area (Å²) in [4.78, 5) is 2.34. The normalized spacial score (nSPS) is 23.2. The molecule has 3 heterocycles. The summed E-state index contributed by atoms with van der Waals surface area (Å²) in [7, 11) is 2.16. The van der Waals surface area contributed by atoms with Crippen LogP contribution in [0.5, 0.6) is 5.75 Å². The van der Waals surface area contributed by atoms with E-state index < -0.39 is 5.72 Å². The summed E-state index contributed by atoms with van der Waals surface area (Å²) < 4.78 is 7.68. The molecule has 1 fully saturated rings. The molecule has 2 aromatic rings. The van der Waals surface area contributed by atoms with Gasteiger partial charge in [0.1, 0.15) is 5.75 Å². The molecule has 7 heteroatoms. The van der Waals surface area contributed by atoms with Gasteiger partial charge < -0.3 is 9.64 Å². The van der Waals surface area contributed by atoms with Crippen molar-refractivity contribution in [1.82, 2.24) is 9.91 Å². The smallest absolute Gasteiger partial charge is 0.200 e. The molecule has 28 heavy (non-hydrogen) atoms. The third-order valence-corrected chi connectivity index (χ3v) is 7.01. The van der Waals surface area contributed by atoms with Gasteiger partial charge in [0.05, 0.1) is 16.8 Å². The number of halogens is 3. The van der Waals surface area contributed by atoms with Crippen LogP contribution in [0.3, 0.4) is 0 Å². The van der Waals surface area contributed by atoms with Gasteiger partial charge in [-0.15, -0.1) is 0 Å². The Morgan fingerprint density at radius 1 is 1.14 bits per heavy atom. The molecule has 146 valence electrons. The average Bonchev–Trinajstić information content (AvgIpc) is 3.11. The quantitative estimate of drug-likeness (QED) is 0.522. The highest BCUT2D eigenvalue weighted by Gasteiger charge is 2.51. The van der Waals surface area contributed by atoms with Crippen LogP contribution in [0.15, 0.2) is 46.0 Å². The monoisotopic (exact) mass is 479 g/mol. The molecule has 0 bridgehead atoms. The molecule has 3 aliphatic heterocycles. The predicted molar refractivity (Wildman–Crippen MR) is 116 cm³/mol. The largest absolute Gasteiger partial charge is 0.466 e. The molecule has 0 N–H and O–H groups in total. The number of hydrogen-bond donors (Lipinski definition) is 0. The first-order valence-electron chi connectivity index (χ1n) is 9.44. The Labute approximate surface area is 183 Å². The van der Waals surface area contributed by atoms with Crippen LogP contribution in [-0.2, 0) is 0 Å². The fourth-order valence-electron chi connectivity index (χ4n) is 4.44. The minimum Gasteiger partial charge on any atom is -0.466 e. The number of hydrogen-bond acceptors (Lipinski definition) is 4. The highest BCUT2D eigenvalue weighted by molar-refractivity contribution is 9.10. The van der Waals surface area contributed by atoms with Crippen molar-refractivity contribution in [3.8, 4) is 5.75 Å². The maximum absolute atomic E-state index is 6.63. The van der Waals surface area contributed by atoms with Crippen LogP contribution in [0.4, 0.5) is 0 Å². The van der Waals surface area contributed by atoms with E-state index in [1.807, 2.05) is 18.2 Å². The maximum Gasteiger partial charge on any atom is 0.200 e. The minimum atomic E-state index is -0.404. The van der Waals surface area contributed by atoms with Crippen LogP contribution in [-0.4, -0.2) is 41.5 Å². The zero-order valence-corrected chi connectivity index (χ0v) is 18.6. The predicted octanol–water partition coefficient (Wildman–Crippen LogP) is 5.72. The van der Waals surface area contributed by atoms with Crippen LogP contribution >= 0.6 is 39.1 Å². The molecule has 4 nitrogen and oxygen atoms in total. The van der Waals surface area contributed by atoms with Crippen molar-refractivity contribution in [3.05, 3.63) is 62.0 Å². The number of nitrogens with zero attached hydrogens (tertiary/aromatic N) is 3. The van der Waals surface area contributed by atoms with Crippen molar-refractivity contribution in [3.63, 3.8) is 0 Å². The van der Waals surface area contributed by atoms with Crippen LogP contribution in [0.25, 0.3) is 0 Å². The Balaban J connectivity index is 1.60. The molecule has 1 spiro atoms. The van der Waals surface area contributed by atoms with Gasteiger partial charge in [-0.1, -0.05) is 45.2 Å². The number of rotatable bonds is 1. The second-order valence-corrected chi connectivity index (χ2v) is 9.53. The molecular formula is C21H20BrCl2N3O. The molecular weight excluding hydrogens is 461 g/mol. The van der Waals surface area contributed by atoms with E-state index in [0.717, 1.165) is 53.8 Å². The topological polar surface area (TPSA) is 28.1 Å². The molecule has 0 radical (unpaired) electrons. The summed E-state index contributed by atoms with van der Waals surface area (Å²) in [5.74, 6) is 0.965. The zero-order valence-electron chi connectivity index (χ0n) is 15.5. The van der Waals surface area contributed by atoms with Gasteiger partial charge in [0.15, 0.2) is 0 Å². The molecule has 1 saturated heterocycles. The first kappa shape index (κ1) is 18.7. The van der Waals surface area contributed by atoms with Gasteiger partial charge >= 0.3 is 0 Å². The molecule has 0 unspecified atom stereocenters. The Morgan fingerprint density at radius 3 is 2.68 bits per heavy atom. The summed E-state index contributed by atoms with van der Waals surface area (Å²) in [6.07, 6.45) is 2.63. The van der Waals surface area contributed by atoms with Crippen molar-refractivity contribution in [1.29, 1.82) is 0 Å². The second-order valence-electron chi connectivity index (χ2n) is 7.77. The summed E-state index contributed by atoms with van der Waals surface area (Å²) in [6.45, 7) is 1.98. The first-order chi connectivity index (χ1) is 13.4. The lowest BCUT2D eigenvalue weighted by atomic mass is 9.91. The number of hydrazone groups is 1. The molecule has 5 rings (SSSR count). The third kappa shape index (κ3) is 3.04. The molecule has 0 amide bonds. The third-order valence-electron chi connectivity index (χ3n) is 5.97. The van der Waals surface area contributed by atoms with Gasteiger partial charge in [0.25, 0.3) is 0 Å². The SMILES string of the molecule is CN1CCC2(CC1)Oc1ccc(Br)cc1[C@@H]1CC(c3ccc(Cl)cc3Cl)=NN12. The van der Waals surface area contributed by atoms with E-state index >= 15 is 0 Å². The van der Waals surface area contributed by atoms with Gasteiger partial charge in [-0.3, -0.25) is 0 Å². The molecule has 3 aliphatic rings. The highest BCUT2D eigenvalue weighted by atomic mass is 79.9. The van der Waals surface area contributed by atoms with E-state index in [1.54, 1.807) is 6.07 Å². The van der Waals surface area contributed by atoms with Crippen molar-refractivity contribution in [2.75, 3.05) is 20.1 Å². The van der Waals surface area contributed by atoms with Crippen LogP contribution in [0.1, 0.15) is 36.4 Å². The van der Waals surface area contributed by atoms with Crippen molar-refractivity contribution in [2.24, 2.45) is 5.10 Å². The Bertz CT molecular complexity index is 972. The van der Waals surface area contributed by atoms with Crippen molar-refractivity contribution < 1.29 is 4.74 Å². The number of fused-ring (bicyclic) bond motifs is 4. The summed E-state index contributed by atoms with van der Waals surface area (Å²) in [6, 6.07) is 12.0. The van der Waals surface area contributed by atoms with E-state index in [2.05, 4.69) is 45.0 Å². The van der Waals surface area contributed by atoms with Crippen molar-refractivity contribution >= 4 is 44.8 Å². The summed E-state index contributed by atoms with van der Waals surface area (Å²) >= 11 is 16.2. The Morgan fingerprint density at radius 2 is 1.93 bits per heavy atom. The minimum absolute atomic E-state index is 0.145. The van der Waals surface area contributed by atoms with Gasteiger partial charge in [0, 0.05) is 53.0 Å². The van der Waals surface area contributed by atoms with E-state index in [4.69, 9.17) is 33.0 Å². The lowest BCUT2D eigenvalue weighted by Crippen LogP contribution is -2.58. The van der Waals surface area contributed by atoms with Gasteiger partial charge in [-0.25, -0.2) is 5.01 Å². The van der Waals surface area contributed by atoms with E-state index in [0.29, 0.717) is 10.0 Å². The average molecular weight is 481 g/mol. The zero-order chi connectivity index (χ0) is 19.5. The fraction of sp³-hybridized carbons (Fsp3) is 0.381. The molecule has 2 aromatic carbocycles. The van der Waals surface area contributed by atoms with E-state index in [9.17, 15) is 0 Å². The molecule has 0 aromatic heterocycles. The lowest BCUT2D eigenvalue weighted by molar-refractivity contribution is -0.147. The van der Waals surface area contributed by atoms with E-state index in [-0.39, 0.29) is 6.04 Å². The number of benzene rings is 2. The van der Waals surface area contributed by atoms with E-state index in [1.165, 1.54) is 5.56 Å². The highest BCUT2D eigenvalue weighted by Crippen LogP contribution is 2.50. The lowest BCUT2D eigenvalue weighted by Gasteiger charge is -2.50. The van der Waals surface area contributed by atoms with Crippen LogP contribution in [0, 0.1) is 0 Å². The Kier molecular flexibility index (Phi) is 4.62. The number of piperidine rings is 1. The molecule has 1 atom stereocenters. The first-order valence-corrected chi connectivity index (χ1v) is 11.0. The Hall–Kier alpha value is -1.27. The van der Waals surface area contributed by atoms with Crippen LogP contribution in [0.2, 0.25) is 10.0 Å². The summed E-state index contributed by atoms with van der Waals surface area (Å²) in [5.41, 5.74) is 2.70. The number of ether oxygens (including phenoxy) is 1. The van der Waals surface area contributed by atoms with Gasteiger partial charge in [-0.2, -0.15) is 5.10 Å².